The van der Waals surface area contributed by atoms with E-state index in [4.69, 9.17) is 9.15 Å². The minimum atomic E-state index is -2.39. The van der Waals surface area contributed by atoms with Crippen molar-refractivity contribution in [2.45, 2.75) is 32.2 Å². The van der Waals surface area contributed by atoms with Crippen LogP contribution in [0.2, 0.25) is 0 Å². The standard InChI is InChI=1S/C12H19F2NO2/c1-2-15-10(5-7-16-9-12(13)14)8-11-4-3-6-17-11/h3-4,6,10,12,15H,2,5,7-9H2,1H3. The molecule has 1 aromatic rings. The van der Waals surface area contributed by atoms with E-state index in [0.29, 0.717) is 13.0 Å². The number of hydrogen-bond acceptors (Lipinski definition) is 3. The van der Waals surface area contributed by atoms with Gasteiger partial charge in [-0.1, -0.05) is 6.92 Å². The maximum Gasteiger partial charge on any atom is 0.261 e. The number of halogens is 2. The van der Waals surface area contributed by atoms with Crippen LogP contribution in [0.4, 0.5) is 8.78 Å². The number of rotatable bonds is 9. The molecule has 0 fully saturated rings. The van der Waals surface area contributed by atoms with Gasteiger partial charge in [-0.2, -0.15) is 0 Å². The highest BCUT2D eigenvalue weighted by Crippen LogP contribution is 2.07. The van der Waals surface area contributed by atoms with Gasteiger partial charge in [-0.15, -0.1) is 0 Å². The van der Waals surface area contributed by atoms with Gasteiger partial charge in [-0.3, -0.25) is 0 Å². The summed E-state index contributed by atoms with van der Waals surface area (Å²) < 4.78 is 33.8. The molecule has 0 bridgehead atoms. The minimum absolute atomic E-state index is 0.198. The fourth-order valence-corrected chi connectivity index (χ4v) is 1.63. The van der Waals surface area contributed by atoms with Crippen molar-refractivity contribution in [3.63, 3.8) is 0 Å². The molecule has 0 aliphatic rings. The maximum atomic E-state index is 11.9. The van der Waals surface area contributed by atoms with Crippen LogP contribution in [-0.2, 0) is 11.2 Å². The highest BCUT2D eigenvalue weighted by Gasteiger charge is 2.10. The van der Waals surface area contributed by atoms with Crippen LogP contribution in [0, 0.1) is 0 Å². The van der Waals surface area contributed by atoms with Crippen molar-refractivity contribution < 1.29 is 17.9 Å². The third-order valence-electron chi connectivity index (χ3n) is 2.37. The fraction of sp³-hybridized carbons (Fsp3) is 0.667. The van der Waals surface area contributed by atoms with Crippen LogP contribution in [-0.4, -0.2) is 32.2 Å². The molecule has 3 nitrogen and oxygen atoms in total. The summed E-state index contributed by atoms with van der Waals surface area (Å²) in [6, 6.07) is 3.94. The number of nitrogens with one attached hydrogen (secondary N) is 1. The van der Waals surface area contributed by atoms with E-state index >= 15 is 0 Å². The Hall–Kier alpha value is -0.940. The monoisotopic (exact) mass is 247 g/mol. The molecule has 0 radical (unpaired) electrons. The van der Waals surface area contributed by atoms with Crippen molar-refractivity contribution in [2.75, 3.05) is 19.8 Å². The van der Waals surface area contributed by atoms with Crippen molar-refractivity contribution in [3.05, 3.63) is 24.2 Å². The van der Waals surface area contributed by atoms with E-state index in [1.54, 1.807) is 6.26 Å². The first-order chi connectivity index (χ1) is 8.22. The Bertz CT molecular complexity index is 278. The van der Waals surface area contributed by atoms with Gasteiger partial charge in [0.05, 0.1) is 6.26 Å². The van der Waals surface area contributed by atoms with Gasteiger partial charge >= 0.3 is 0 Å². The predicted molar refractivity (Wildman–Crippen MR) is 61.3 cm³/mol. The van der Waals surface area contributed by atoms with Gasteiger partial charge in [0.25, 0.3) is 6.43 Å². The van der Waals surface area contributed by atoms with Gasteiger partial charge in [-0.05, 0) is 25.1 Å². The Kier molecular flexibility index (Phi) is 6.81. The van der Waals surface area contributed by atoms with E-state index in [9.17, 15) is 8.78 Å². The highest BCUT2D eigenvalue weighted by atomic mass is 19.3. The summed E-state index contributed by atoms with van der Waals surface area (Å²) in [6.45, 7) is 2.69. The number of hydrogen-bond donors (Lipinski definition) is 1. The van der Waals surface area contributed by atoms with Gasteiger partial charge in [0.15, 0.2) is 0 Å². The molecule has 0 saturated heterocycles. The number of furan rings is 1. The SMILES string of the molecule is CCNC(CCOCC(F)F)Cc1ccco1. The topological polar surface area (TPSA) is 34.4 Å². The summed E-state index contributed by atoms with van der Waals surface area (Å²) >= 11 is 0. The quantitative estimate of drug-likeness (QED) is 0.681. The third-order valence-corrected chi connectivity index (χ3v) is 2.37. The Balaban J connectivity index is 2.23. The summed E-state index contributed by atoms with van der Waals surface area (Å²) in [5.74, 6) is 0.893. The first-order valence-electron chi connectivity index (χ1n) is 5.84. The number of ether oxygens (including phenoxy) is 1. The summed E-state index contributed by atoms with van der Waals surface area (Å²) in [4.78, 5) is 0. The molecule has 0 spiro atoms. The summed E-state index contributed by atoms with van der Waals surface area (Å²) in [7, 11) is 0. The summed E-state index contributed by atoms with van der Waals surface area (Å²) in [5, 5.41) is 3.28. The molecule has 1 aromatic heterocycles. The van der Waals surface area contributed by atoms with Gasteiger partial charge in [0.2, 0.25) is 0 Å². The van der Waals surface area contributed by atoms with Gasteiger partial charge in [0, 0.05) is 19.1 Å². The molecule has 1 unspecified atom stereocenters. The molecular weight excluding hydrogens is 228 g/mol. The molecule has 0 aromatic carbocycles. The second-order valence-corrected chi connectivity index (χ2v) is 3.79. The minimum Gasteiger partial charge on any atom is -0.469 e. The maximum absolute atomic E-state index is 11.9. The Morgan fingerprint density at radius 1 is 1.47 bits per heavy atom. The molecule has 0 aliphatic heterocycles. The molecule has 1 rings (SSSR count). The molecule has 0 saturated carbocycles. The van der Waals surface area contributed by atoms with E-state index in [0.717, 1.165) is 18.7 Å². The highest BCUT2D eigenvalue weighted by molar-refractivity contribution is 5.00. The van der Waals surface area contributed by atoms with Crippen LogP contribution in [0.15, 0.2) is 22.8 Å². The second kappa shape index (κ2) is 8.20. The molecule has 17 heavy (non-hydrogen) atoms. The van der Waals surface area contributed by atoms with Crippen molar-refractivity contribution >= 4 is 0 Å². The average molecular weight is 247 g/mol. The molecule has 1 heterocycles. The molecule has 1 atom stereocenters. The smallest absolute Gasteiger partial charge is 0.261 e. The van der Waals surface area contributed by atoms with Crippen LogP contribution < -0.4 is 5.32 Å². The Morgan fingerprint density at radius 3 is 2.88 bits per heavy atom. The average Bonchev–Trinajstić information content (AvgIpc) is 2.77. The van der Waals surface area contributed by atoms with Crippen LogP contribution in [0.25, 0.3) is 0 Å². The lowest BCUT2D eigenvalue weighted by Crippen LogP contribution is -2.32. The van der Waals surface area contributed by atoms with Crippen LogP contribution in [0.3, 0.4) is 0 Å². The second-order valence-electron chi connectivity index (χ2n) is 3.79. The third kappa shape index (κ3) is 6.38. The molecule has 0 amide bonds. The first-order valence-corrected chi connectivity index (χ1v) is 5.84. The van der Waals surface area contributed by atoms with E-state index in [1.807, 2.05) is 19.1 Å². The van der Waals surface area contributed by atoms with Gasteiger partial charge < -0.3 is 14.5 Å². The Labute approximate surface area is 100 Å². The summed E-state index contributed by atoms with van der Waals surface area (Å²) in [5.41, 5.74) is 0. The van der Waals surface area contributed by atoms with Crippen LogP contribution in [0.5, 0.6) is 0 Å². The number of alkyl halides is 2. The van der Waals surface area contributed by atoms with Crippen molar-refractivity contribution in [1.29, 1.82) is 0 Å². The molecule has 98 valence electrons. The van der Waals surface area contributed by atoms with Gasteiger partial charge in [-0.25, -0.2) is 8.78 Å². The summed E-state index contributed by atoms with van der Waals surface area (Å²) in [6.07, 6.45) is 0.684. The zero-order chi connectivity index (χ0) is 12.5. The largest absolute Gasteiger partial charge is 0.469 e. The van der Waals surface area contributed by atoms with E-state index in [1.165, 1.54) is 0 Å². The van der Waals surface area contributed by atoms with Crippen LogP contribution >= 0.6 is 0 Å². The lowest BCUT2D eigenvalue weighted by atomic mass is 10.1. The zero-order valence-corrected chi connectivity index (χ0v) is 9.99. The molecule has 0 aliphatic carbocycles. The van der Waals surface area contributed by atoms with Gasteiger partial charge in [0.1, 0.15) is 12.4 Å². The Morgan fingerprint density at radius 2 is 2.29 bits per heavy atom. The normalized spacial score (nSPS) is 13.2. The molecule has 1 N–H and O–H groups in total. The van der Waals surface area contributed by atoms with Crippen molar-refractivity contribution in [1.82, 2.24) is 5.32 Å². The van der Waals surface area contributed by atoms with Crippen molar-refractivity contribution in [3.8, 4) is 0 Å². The fourth-order valence-electron chi connectivity index (χ4n) is 1.63. The van der Waals surface area contributed by atoms with Crippen molar-refractivity contribution in [2.24, 2.45) is 0 Å². The van der Waals surface area contributed by atoms with E-state index in [-0.39, 0.29) is 6.04 Å². The van der Waals surface area contributed by atoms with E-state index < -0.39 is 13.0 Å². The molecular formula is C12H19F2NO2. The number of likely N-dealkylation sites (N-methyl/N-ethyl adjacent to an activating group) is 1. The van der Waals surface area contributed by atoms with Crippen LogP contribution in [0.1, 0.15) is 19.1 Å². The van der Waals surface area contributed by atoms with E-state index in [2.05, 4.69) is 5.32 Å². The first kappa shape index (κ1) is 14.1. The lowest BCUT2D eigenvalue weighted by molar-refractivity contribution is 0.0143. The predicted octanol–water partition coefficient (Wildman–Crippen LogP) is 2.47. The zero-order valence-electron chi connectivity index (χ0n) is 9.99. The lowest BCUT2D eigenvalue weighted by Gasteiger charge is -2.16. The molecule has 5 heteroatoms.